The molecule has 21 heavy (non-hydrogen) atoms. The molecule has 1 unspecified atom stereocenters. The average Bonchev–Trinajstić information content (AvgIpc) is 2.44. The molecule has 0 bridgehead atoms. The van der Waals surface area contributed by atoms with Gasteiger partial charge >= 0.3 is 0 Å². The van der Waals surface area contributed by atoms with E-state index in [4.69, 9.17) is 9.47 Å². The van der Waals surface area contributed by atoms with Crippen LogP contribution in [0.2, 0.25) is 0 Å². The van der Waals surface area contributed by atoms with Crippen LogP contribution in [0.5, 0.6) is 11.5 Å². The number of aliphatic hydroxyl groups is 1. The maximum absolute atomic E-state index is 11.8. The topological polar surface area (TPSA) is 67.8 Å². The lowest BCUT2D eigenvalue weighted by Crippen LogP contribution is -2.40. The SMILES string of the molecule is COc1cc(C)ccc1OCC(=O)NC(CO)CC(C)C. The number of hydrogen-bond acceptors (Lipinski definition) is 4. The highest BCUT2D eigenvalue weighted by molar-refractivity contribution is 5.78. The molecule has 0 radical (unpaired) electrons. The minimum absolute atomic E-state index is 0.0717. The smallest absolute Gasteiger partial charge is 0.258 e. The Morgan fingerprint density at radius 2 is 2.05 bits per heavy atom. The van der Waals surface area contributed by atoms with E-state index in [9.17, 15) is 9.90 Å². The van der Waals surface area contributed by atoms with E-state index < -0.39 is 0 Å². The molecule has 0 aromatic heterocycles. The van der Waals surface area contributed by atoms with Crippen LogP contribution >= 0.6 is 0 Å². The molecule has 0 spiro atoms. The van der Waals surface area contributed by atoms with Gasteiger partial charge in [-0.2, -0.15) is 0 Å². The standard InChI is InChI=1S/C16H25NO4/c1-11(2)7-13(9-18)17-16(19)10-21-14-6-5-12(3)8-15(14)20-4/h5-6,8,11,13,18H,7,9-10H2,1-4H3,(H,17,19). The van der Waals surface area contributed by atoms with Crippen LogP contribution in [0.4, 0.5) is 0 Å². The van der Waals surface area contributed by atoms with Crippen molar-refractivity contribution in [2.24, 2.45) is 5.92 Å². The molecular formula is C16H25NO4. The molecule has 0 saturated heterocycles. The number of ether oxygens (including phenoxy) is 2. The lowest BCUT2D eigenvalue weighted by Gasteiger charge is -2.18. The first-order valence-corrected chi connectivity index (χ1v) is 7.14. The van der Waals surface area contributed by atoms with Crippen LogP contribution < -0.4 is 14.8 Å². The Kier molecular flexibility index (Phi) is 7.02. The molecule has 0 heterocycles. The number of aliphatic hydroxyl groups excluding tert-OH is 1. The van der Waals surface area contributed by atoms with Gasteiger partial charge < -0.3 is 19.9 Å². The van der Waals surface area contributed by atoms with Crippen molar-refractivity contribution in [1.29, 1.82) is 0 Å². The molecule has 118 valence electrons. The molecule has 0 saturated carbocycles. The molecule has 1 amide bonds. The summed E-state index contributed by atoms with van der Waals surface area (Å²) in [6.07, 6.45) is 0.732. The molecule has 1 aromatic rings. The minimum Gasteiger partial charge on any atom is -0.493 e. The highest BCUT2D eigenvalue weighted by Crippen LogP contribution is 2.27. The number of methoxy groups -OCH3 is 1. The van der Waals surface area contributed by atoms with E-state index in [0.717, 1.165) is 12.0 Å². The van der Waals surface area contributed by atoms with Crippen LogP contribution in [0, 0.1) is 12.8 Å². The van der Waals surface area contributed by atoms with Crippen molar-refractivity contribution in [3.63, 3.8) is 0 Å². The highest BCUT2D eigenvalue weighted by atomic mass is 16.5. The Labute approximate surface area is 126 Å². The van der Waals surface area contributed by atoms with E-state index in [1.54, 1.807) is 13.2 Å². The van der Waals surface area contributed by atoms with E-state index in [0.29, 0.717) is 17.4 Å². The van der Waals surface area contributed by atoms with Gasteiger partial charge in [0, 0.05) is 0 Å². The first-order chi connectivity index (χ1) is 9.96. The van der Waals surface area contributed by atoms with Gasteiger partial charge in [0.25, 0.3) is 5.91 Å². The molecular weight excluding hydrogens is 270 g/mol. The monoisotopic (exact) mass is 295 g/mol. The molecule has 0 aliphatic heterocycles. The minimum atomic E-state index is -0.252. The Morgan fingerprint density at radius 3 is 2.62 bits per heavy atom. The Bertz CT molecular complexity index is 460. The number of carbonyl (C=O) groups excluding carboxylic acids is 1. The van der Waals surface area contributed by atoms with Crippen molar-refractivity contribution in [1.82, 2.24) is 5.32 Å². The number of rotatable bonds is 8. The van der Waals surface area contributed by atoms with Crippen LogP contribution in [-0.4, -0.2) is 37.4 Å². The van der Waals surface area contributed by atoms with Gasteiger partial charge in [0.1, 0.15) is 0 Å². The van der Waals surface area contributed by atoms with E-state index >= 15 is 0 Å². The number of nitrogens with one attached hydrogen (secondary N) is 1. The largest absolute Gasteiger partial charge is 0.493 e. The number of benzene rings is 1. The fourth-order valence-electron chi connectivity index (χ4n) is 2.05. The third-order valence-electron chi connectivity index (χ3n) is 3.02. The second-order valence-electron chi connectivity index (χ2n) is 5.52. The summed E-state index contributed by atoms with van der Waals surface area (Å²) in [6, 6.07) is 5.29. The molecule has 0 fully saturated rings. The van der Waals surface area contributed by atoms with Crippen LogP contribution in [0.3, 0.4) is 0 Å². The number of hydrogen-bond donors (Lipinski definition) is 2. The average molecular weight is 295 g/mol. The summed E-state index contributed by atoms with van der Waals surface area (Å²) in [4.78, 5) is 11.8. The van der Waals surface area contributed by atoms with Crippen molar-refractivity contribution in [3.8, 4) is 11.5 Å². The summed E-state index contributed by atoms with van der Waals surface area (Å²) in [7, 11) is 1.56. The van der Waals surface area contributed by atoms with Gasteiger partial charge in [-0.15, -0.1) is 0 Å². The number of amides is 1. The zero-order valence-electron chi connectivity index (χ0n) is 13.2. The summed E-state index contributed by atoms with van der Waals surface area (Å²) in [5, 5.41) is 12.0. The van der Waals surface area contributed by atoms with Crippen LogP contribution in [0.1, 0.15) is 25.8 Å². The fraction of sp³-hybridized carbons (Fsp3) is 0.562. The van der Waals surface area contributed by atoms with Crippen molar-refractivity contribution >= 4 is 5.91 Å². The second kappa shape index (κ2) is 8.52. The van der Waals surface area contributed by atoms with Crippen LogP contribution in [0.25, 0.3) is 0 Å². The van der Waals surface area contributed by atoms with Gasteiger partial charge in [-0.1, -0.05) is 19.9 Å². The maximum atomic E-state index is 11.8. The second-order valence-corrected chi connectivity index (χ2v) is 5.52. The predicted octanol–water partition coefficient (Wildman–Crippen LogP) is 1.91. The van der Waals surface area contributed by atoms with Gasteiger partial charge in [-0.3, -0.25) is 4.79 Å². The van der Waals surface area contributed by atoms with Gasteiger partial charge in [0.15, 0.2) is 18.1 Å². The Hall–Kier alpha value is -1.75. The van der Waals surface area contributed by atoms with Gasteiger partial charge in [-0.05, 0) is 37.0 Å². The van der Waals surface area contributed by atoms with Crippen LogP contribution in [-0.2, 0) is 4.79 Å². The van der Waals surface area contributed by atoms with Crippen molar-refractivity contribution < 1.29 is 19.4 Å². The summed E-state index contributed by atoms with van der Waals surface area (Å²) in [6.45, 7) is 5.87. The maximum Gasteiger partial charge on any atom is 0.258 e. The van der Waals surface area contributed by atoms with Gasteiger partial charge in [0.2, 0.25) is 0 Å². The molecule has 1 aromatic carbocycles. The van der Waals surface area contributed by atoms with Gasteiger partial charge in [0.05, 0.1) is 19.8 Å². The molecule has 5 heteroatoms. The van der Waals surface area contributed by atoms with Crippen molar-refractivity contribution in [2.75, 3.05) is 20.3 Å². The van der Waals surface area contributed by atoms with Crippen LogP contribution in [0.15, 0.2) is 18.2 Å². The first kappa shape index (κ1) is 17.3. The zero-order valence-corrected chi connectivity index (χ0v) is 13.2. The van der Waals surface area contributed by atoms with E-state index in [-0.39, 0.29) is 25.2 Å². The number of carbonyl (C=O) groups is 1. The molecule has 2 N–H and O–H groups in total. The summed E-state index contributed by atoms with van der Waals surface area (Å²) in [5.41, 5.74) is 1.06. The van der Waals surface area contributed by atoms with E-state index in [2.05, 4.69) is 5.32 Å². The zero-order chi connectivity index (χ0) is 15.8. The quantitative estimate of drug-likeness (QED) is 0.768. The normalized spacial score (nSPS) is 12.1. The van der Waals surface area contributed by atoms with E-state index in [1.807, 2.05) is 32.9 Å². The first-order valence-electron chi connectivity index (χ1n) is 7.14. The van der Waals surface area contributed by atoms with Crippen molar-refractivity contribution in [2.45, 2.75) is 33.2 Å². The molecule has 1 atom stereocenters. The lowest BCUT2D eigenvalue weighted by molar-refractivity contribution is -0.124. The Balaban J connectivity index is 2.52. The molecule has 0 aliphatic carbocycles. The lowest BCUT2D eigenvalue weighted by atomic mass is 10.0. The number of aryl methyl sites for hydroxylation is 1. The highest BCUT2D eigenvalue weighted by Gasteiger charge is 2.14. The third-order valence-corrected chi connectivity index (χ3v) is 3.02. The fourth-order valence-corrected chi connectivity index (χ4v) is 2.05. The summed E-state index contributed by atoms with van der Waals surface area (Å²) >= 11 is 0. The van der Waals surface area contributed by atoms with Gasteiger partial charge in [-0.25, -0.2) is 0 Å². The molecule has 0 aliphatic rings. The third kappa shape index (κ3) is 6.04. The molecule has 1 rings (SSSR count). The molecule has 5 nitrogen and oxygen atoms in total. The summed E-state index contributed by atoms with van der Waals surface area (Å²) < 4.78 is 10.7. The van der Waals surface area contributed by atoms with E-state index in [1.165, 1.54) is 0 Å². The summed E-state index contributed by atoms with van der Waals surface area (Å²) in [5.74, 6) is 1.28. The van der Waals surface area contributed by atoms with Crippen molar-refractivity contribution in [3.05, 3.63) is 23.8 Å². The predicted molar refractivity (Wildman–Crippen MR) is 81.7 cm³/mol. The Morgan fingerprint density at radius 1 is 1.33 bits per heavy atom.